The van der Waals surface area contributed by atoms with Gasteiger partial charge in [-0.1, -0.05) is 20.3 Å². The fourth-order valence-electron chi connectivity index (χ4n) is 1.10. The van der Waals surface area contributed by atoms with E-state index in [4.69, 9.17) is 11.0 Å². The van der Waals surface area contributed by atoms with E-state index in [0.29, 0.717) is 17.2 Å². The molecule has 2 N–H and O–H groups in total. The lowest BCUT2D eigenvalue weighted by Gasteiger charge is -2.09. The molecule has 2 nitrogen and oxygen atoms in total. The smallest absolute Gasteiger partial charge is 0.0992 e. The number of nitrogen functional groups attached to an aromatic ring is 1. The lowest BCUT2D eigenvalue weighted by atomic mass is 10.2. The predicted molar refractivity (Wildman–Crippen MR) is 65.7 cm³/mol. The molecule has 15 heavy (non-hydrogen) atoms. The Hall–Kier alpha value is -1.14. The Labute approximate surface area is 95.5 Å². The van der Waals surface area contributed by atoms with Gasteiger partial charge in [0.15, 0.2) is 0 Å². The van der Waals surface area contributed by atoms with Crippen LogP contribution < -0.4 is 5.73 Å². The molecule has 1 unspecified atom stereocenters. The first-order chi connectivity index (χ1) is 7.17. The Balaban J connectivity index is 2.67. The largest absolute Gasteiger partial charge is 0.398 e. The molecule has 0 saturated carbocycles. The second kappa shape index (κ2) is 5.67. The minimum Gasteiger partial charge on any atom is -0.398 e. The number of nitrogens with two attached hydrogens (primary N) is 1. The van der Waals surface area contributed by atoms with Crippen LogP contribution in [0.1, 0.15) is 25.8 Å². The van der Waals surface area contributed by atoms with Crippen LogP contribution in [-0.4, -0.2) is 5.75 Å². The number of hydrogen-bond acceptors (Lipinski definition) is 3. The third-order valence-corrected chi connectivity index (χ3v) is 3.78. The van der Waals surface area contributed by atoms with Crippen molar-refractivity contribution in [1.29, 1.82) is 5.26 Å². The van der Waals surface area contributed by atoms with E-state index in [9.17, 15) is 0 Å². The zero-order valence-electron chi connectivity index (χ0n) is 9.16. The number of nitrogens with zero attached hydrogens (tertiary/aromatic N) is 1. The summed E-state index contributed by atoms with van der Waals surface area (Å²) in [6.07, 6.45) is 1.18. The van der Waals surface area contributed by atoms with Crippen molar-refractivity contribution in [2.75, 3.05) is 11.5 Å². The third kappa shape index (κ3) is 3.49. The molecular formula is C12H16N2S. The number of nitriles is 1. The average Bonchev–Trinajstić information content (AvgIpc) is 2.26. The van der Waals surface area contributed by atoms with Crippen LogP contribution in [0.25, 0.3) is 0 Å². The second-order valence-corrected chi connectivity index (χ2v) is 4.75. The molecule has 1 aromatic carbocycles. The highest BCUT2D eigenvalue weighted by atomic mass is 32.2. The van der Waals surface area contributed by atoms with Crippen molar-refractivity contribution >= 4 is 17.4 Å². The molecule has 0 spiro atoms. The molecule has 0 aromatic heterocycles. The maximum Gasteiger partial charge on any atom is 0.0992 e. The summed E-state index contributed by atoms with van der Waals surface area (Å²) in [5, 5.41) is 8.70. The van der Waals surface area contributed by atoms with E-state index in [2.05, 4.69) is 19.9 Å². The summed E-state index contributed by atoms with van der Waals surface area (Å²) in [6, 6.07) is 7.56. The van der Waals surface area contributed by atoms with E-state index >= 15 is 0 Å². The Morgan fingerprint density at radius 1 is 1.53 bits per heavy atom. The Bertz CT molecular complexity index is 368. The van der Waals surface area contributed by atoms with Crippen LogP contribution in [0.4, 0.5) is 5.69 Å². The molecule has 80 valence electrons. The molecule has 0 saturated heterocycles. The SMILES string of the molecule is CCC(C)CSc1ccc(C#N)cc1N. The molecule has 1 aromatic rings. The van der Waals surface area contributed by atoms with Crippen LogP contribution in [0.5, 0.6) is 0 Å². The molecule has 0 aliphatic rings. The third-order valence-electron chi connectivity index (χ3n) is 2.36. The predicted octanol–water partition coefficient (Wildman–Crippen LogP) is 3.28. The van der Waals surface area contributed by atoms with Gasteiger partial charge in [-0.05, 0) is 24.1 Å². The average molecular weight is 220 g/mol. The zero-order valence-corrected chi connectivity index (χ0v) is 9.97. The van der Waals surface area contributed by atoms with Crippen molar-refractivity contribution in [2.45, 2.75) is 25.2 Å². The highest BCUT2D eigenvalue weighted by Gasteiger charge is 2.04. The van der Waals surface area contributed by atoms with Gasteiger partial charge in [0, 0.05) is 16.3 Å². The van der Waals surface area contributed by atoms with E-state index in [1.165, 1.54) is 6.42 Å². The minimum absolute atomic E-state index is 0.625. The molecule has 1 rings (SSSR count). The van der Waals surface area contributed by atoms with Crippen LogP contribution in [-0.2, 0) is 0 Å². The van der Waals surface area contributed by atoms with Crippen molar-refractivity contribution in [3.8, 4) is 6.07 Å². The van der Waals surface area contributed by atoms with Crippen molar-refractivity contribution in [2.24, 2.45) is 5.92 Å². The number of hydrogen-bond donors (Lipinski definition) is 1. The highest BCUT2D eigenvalue weighted by molar-refractivity contribution is 7.99. The van der Waals surface area contributed by atoms with E-state index in [1.54, 1.807) is 17.8 Å². The standard InChI is InChI=1S/C12H16N2S/c1-3-9(2)8-15-12-5-4-10(7-13)6-11(12)14/h4-6,9H,3,8,14H2,1-2H3. The maximum absolute atomic E-state index is 8.70. The summed E-state index contributed by atoms with van der Waals surface area (Å²) in [5.41, 5.74) is 7.19. The molecule has 0 radical (unpaired) electrons. The van der Waals surface area contributed by atoms with E-state index in [-0.39, 0.29) is 0 Å². The Morgan fingerprint density at radius 2 is 2.27 bits per heavy atom. The second-order valence-electron chi connectivity index (χ2n) is 3.69. The van der Waals surface area contributed by atoms with Gasteiger partial charge < -0.3 is 5.73 Å². The normalized spacial score (nSPS) is 12.1. The molecule has 0 aliphatic heterocycles. The Kier molecular flexibility index (Phi) is 4.51. The summed E-state index contributed by atoms with van der Waals surface area (Å²) >= 11 is 1.76. The molecular weight excluding hydrogens is 204 g/mol. The van der Waals surface area contributed by atoms with Crippen molar-refractivity contribution < 1.29 is 0 Å². The fourth-order valence-corrected chi connectivity index (χ4v) is 2.19. The number of benzene rings is 1. The molecule has 3 heteroatoms. The van der Waals surface area contributed by atoms with Gasteiger partial charge in [-0.2, -0.15) is 5.26 Å². The van der Waals surface area contributed by atoms with Crippen LogP contribution in [0.15, 0.2) is 23.1 Å². The minimum atomic E-state index is 0.625. The van der Waals surface area contributed by atoms with Gasteiger partial charge in [0.1, 0.15) is 0 Å². The first kappa shape index (κ1) is 11.9. The monoisotopic (exact) mass is 220 g/mol. The lowest BCUT2D eigenvalue weighted by molar-refractivity contribution is 0.637. The molecule has 0 aliphatic carbocycles. The molecule has 0 bridgehead atoms. The summed E-state index contributed by atoms with van der Waals surface area (Å²) in [4.78, 5) is 1.08. The van der Waals surface area contributed by atoms with Crippen LogP contribution in [0.3, 0.4) is 0 Å². The summed E-state index contributed by atoms with van der Waals surface area (Å²) in [6.45, 7) is 4.42. The quantitative estimate of drug-likeness (QED) is 0.625. The topological polar surface area (TPSA) is 49.8 Å². The molecule has 0 amide bonds. The van der Waals surface area contributed by atoms with Crippen LogP contribution >= 0.6 is 11.8 Å². The van der Waals surface area contributed by atoms with Gasteiger partial charge in [-0.3, -0.25) is 0 Å². The molecule has 0 heterocycles. The van der Waals surface area contributed by atoms with E-state index in [0.717, 1.165) is 10.6 Å². The van der Waals surface area contributed by atoms with Gasteiger partial charge in [-0.25, -0.2) is 0 Å². The molecule has 1 atom stereocenters. The van der Waals surface area contributed by atoms with Crippen molar-refractivity contribution in [1.82, 2.24) is 0 Å². The van der Waals surface area contributed by atoms with E-state index in [1.807, 2.05) is 12.1 Å². The summed E-state index contributed by atoms with van der Waals surface area (Å²) in [5.74, 6) is 1.78. The van der Waals surface area contributed by atoms with Crippen molar-refractivity contribution in [3.63, 3.8) is 0 Å². The van der Waals surface area contributed by atoms with E-state index < -0.39 is 0 Å². The van der Waals surface area contributed by atoms with Gasteiger partial charge in [0.05, 0.1) is 11.6 Å². The van der Waals surface area contributed by atoms with Crippen LogP contribution in [0.2, 0.25) is 0 Å². The van der Waals surface area contributed by atoms with Gasteiger partial charge in [0.25, 0.3) is 0 Å². The first-order valence-electron chi connectivity index (χ1n) is 5.09. The highest BCUT2D eigenvalue weighted by Crippen LogP contribution is 2.27. The van der Waals surface area contributed by atoms with Crippen LogP contribution in [0, 0.1) is 17.2 Å². The van der Waals surface area contributed by atoms with Gasteiger partial charge in [0.2, 0.25) is 0 Å². The Morgan fingerprint density at radius 3 is 2.80 bits per heavy atom. The van der Waals surface area contributed by atoms with Gasteiger partial charge >= 0.3 is 0 Å². The van der Waals surface area contributed by atoms with Crippen molar-refractivity contribution in [3.05, 3.63) is 23.8 Å². The molecule has 0 fully saturated rings. The fraction of sp³-hybridized carbons (Fsp3) is 0.417. The number of rotatable bonds is 4. The lowest BCUT2D eigenvalue weighted by Crippen LogP contribution is -1.97. The number of thioether (sulfide) groups is 1. The maximum atomic E-state index is 8.70. The number of anilines is 1. The van der Waals surface area contributed by atoms with Gasteiger partial charge in [-0.15, -0.1) is 11.8 Å². The zero-order chi connectivity index (χ0) is 11.3. The first-order valence-corrected chi connectivity index (χ1v) is 6.08. The summed E-state index contributed by atoms with van der Waals surface area (Å²) in [7, 11) is 0. The summed E-state index contributed by atoms with van der Waals surface area (Å²) < 4.78 is 0.